The minimum atomic E-state index is -4.80. The van der Waals surface area contributed by atoms with E-state index in [1.807, 2.05) is 45.0 Å². The lowest BCUT2D eigenvalue weighted by molar-refractivity contribution is -0.212. The number of ether oxygens (including phenoxy) is 1. The van der Waals surface area contributed by atoms with Gasteiger partial charge in [-0.05, 0) is 42.0 Å². The van der Waals surface area contributed by atoms with Gasteiger partial charge in [0.1, 0.15) is 12.0 Å². The highest BCUT2D eigenvalue weighted by Crippen LogP contribution is 2.52. The Kier molecular flexibility index (Phi) is 6.80. The molecule has 0 saturated heterocycles. The zero-order valence-electron chi connectivity index (χ0n) is 19.3. The van der Waals surface area contributed by atoms with E-state index in [0.717, 1.165) is 23.0 Å². The van der Waals surface area contributed by atoms with Crippen molar-refractivity contribution in [2.45, 2.75) is 44.7 Å². The second-order valence-corrected chi connectivity index (χ2v) is 10.4. The monoisotopic (exact) mass is 488 g/mol. The Bertz CT molecular complexity index is 1200. The number of benzene rings is 2. The van der Waals surface area contributed by atoms with Crippen LogP contribution in [0.3, 0.4) is 0 Å². The third-order valence-corrected chi connectivity index (χ3v) is 7.45. The van der Waals surface area contributed by atoms with Crippen LogP contribution in [0.4, 0.5) is 18.9 Å². The van der Waals surface area contributed by atoms with Crippen LogP contribution in [-0.2, 0) is 11.2 Å². The van der Waals surface area contributed by atoms with E-state index in [1.165, 1.54) is 0 Å². The number of hydrogen-bond acceptors (Lipinski definition) is 5. The van der Waals surface area contributed by atoms with Gasteiger partial charge in [-0.3, -0.25) is 4.98 Å². The van der Waals surface area contributed by atoms with E-state index < -0.39 is 23.4 Å². The predicted octanol–water partition coefficient (Wildman–Crippen LogP) is 6.52. The van der Waals surface area contributed by atoms with Gasteiger partial charge in [0.2, 0.25) is 0 Å². The van der Waals surface area contributed by atoms with Crippen molar-refractivity contribution in [3.8, 4) is 5.75 Å². The van der Waals surface area contributed by atoms with Crippen LogP contribution < -0.4 is 10.1 Å². The fourth-order valence-electron chi connectivity index (χ4n) is 4.29. The molecule has 2 heterocycles. The molecule has 1 aliphatic rings. The molecular weight excluding hydrogens is 461 g/mol. The molecule has 1 aromatic heterocycles. The van der Waals surface area contributed by atoms with Gasteiger partial charge in [-0.2, -0.15) is 24.9 Å². The summed E-state index contributed by atoms with van der Waals surface area (Å²) in [6.45, 7) is 5.90. The zero-order chi connectivity index (χ0) is 24.5. The number of pyridine rings is 1. The van der Waals surface area contributed by atoms with Gasteiger partial charge in [0, 0.05) is 34.5 Å². The summed E-state index contributed by atoms with van der Waals surface area (Å²) in [6.07, 6.45) is -4.11. The number of carbonyl (C=O) groups is 1. The molecule has 0 radical (unpaired) electrons. The quantitative estimate of drug-likeness (QED) is 0.366. The first-order valence-corrected chi connectivity index (χ1v) is 12.2. The molecule has 0 bridgehead atoms. The summed E-state index contributed by atoms with van der Waals surface area (Å²) >= 11 is 1.12. The third-order valence-electron chi connectivity index (χ3n) is 6.14. The van der Waals surface area contributed by atoms with Crippen LogP contribution in [0.5, 0.6) is 5.75 Å². The van der Waals surface area contributed by atoms with Crippen LogP contribution >= 0.6 is 11.8 Å². The van der Waals surface area contributed by atoms with E-state index in [0.29, 0.717) is 40.9 Å². The molecule has 8 heteroatoms. The third kappa shape index (κ3) is 4.48. The van der Waals surface area contributed by atoms with Gasteiger partial charge in [-0.1, -0.05) is 38.1 Å². The molecule has 180 valence electrons. The van der Waals surface area contributed by atoms with Gasteiger partial charge in [-0.25, -0.2) is 0 Å². The summed E-state index contributed by atoms with van der Waals surface area (Å²) in [4.78, 5) is 17.0. The number of aldehydes is 1. The lowest BCUT2D eigenvalue weighted by Crippen LogP contribution is -2.49. The highest BCUT2D eigenvalue weighted by molar-refractivity contribution is 7.99. The molecule has 4 rings (SSSR count). The normalized spacial score (nSPS) is 16.1. The number of rotatable bonds is 8. The first-order valence-electron chi connectivity index (χ1n) is 11.2. The molecule has 0 amide bonds. The topological polar surface area (TPSA) is 51.2 Å². The second kappa shape index (κ2) is 9.49. The number of para-hydroxylation sites is 1. The number of aryl methyl sites for hydroxylation is 1. The number of hydrogen-bond donors (Lipinski definition) is 1. The molecule has 2 aromatic carbocycles. The van der Waals surface area contributed by atoms with Crippen LogP contribution in [-0.4, -0.2) is 35.1 Å². The number of nitrogens with one attached hydrogen (secondary N) is 1. The predicted molar refractivity (Wildman–Crippen MR) is 131 cm³/mol. The Morgan fingerprint density at radius 3 is 2.62 bits per heavy atom. The van der Waals surface area contributed by atoms with E-state index in [-0.39, 0.29) is 11.5 Å². The van der Waals surface area contributed by atoms with Crippen LogP contribution in [0.2, 0.25) is 0 Å². The summed E-state index contributed by atoms with van der Waals surface area (Å²) in [6, 6.07) is 12.8. The molecule has 0 spiro atoms. The molecular formula is C26H27F3N2O2S. The molecule has 0 aliphatic carbocycles. The van der Waals surface area contributed by atoms with Crippen molar-refractivity contribution >= 4 is 34.6 Å². The van der Waals surface area contributed by atoms with Gasteiger partial charge in [0.05, 0.1) is 18.2 Å². The van der Waals surface area contributed by atoms with Gasteiger partial charge in [-0.15, -0.1) is 0 Å². The Labute approximate surface area is 201 Å². The van der Waals surface area contributed by atoms with Crippen molar-refractivity contribution in [2.75, 3.05) is 17.7 Å². The number of thioether (sulfide) groups is 1. The first kappa shape index (κ1) is 24.4. The van der Waals surface area contributed by atoms with Gasteiger partial charge >= 0.3 is 6.18 Å². The summed E-state index contributed by atoms with van der Waals surface area (Å²) in [5.74, 6) is 0.0143. The molecule has 34 heavy (non-hydrogen) atoms. The van der Waals surface area contributed by atoms with E-state index in [1.54, 1.807) is 24.3 Å². The highest BCUT2D eigenvalue weighted by atomic mass is 32.2. The number of aromatic nitrogens is 1. The average molecular weight is 489 g/mol. The van der Waals surface area contributed by atoms with Crippen molar-refractivity contribution in [2.24, 2.45) is 5.41 Å². The molecule has 4 nitrogen and oxygen atoms in total. The Hall–Kier alpha value is -2.74. The Balaban J connectivity index is 1.92. The van der Waals surface area contributed by atoms with E-state index in [9.17, 15) is 18.0 Å². The summed E-state index contributed by atoms with van der Waals surface area (Å²) < 4.78 is 50.3. The van der Waals surface area contributed by atoms with Crippen molar-refractivity contribution < 1.29 is 22.7 Å². The fraction of sp³-hybridized carbons (Fsp3) is 0.385. The number of fused-ring (bicyclic) bond motifs is 2. The van der Waals surface area contributed by atoms with Crippen molar-refractivity contribution in [3.05, 3.63) is 65.4 Å². The first-order chi connectivity index (χ1) is 16.2. The van der Waals surface area contributed by atoms with Crippen molar-refractivity contribution in [1.29, 1.82) is 0 Å². The van der Waals surface area contributed by atoms with Crippen LogP contribution in [0.15, 0.2) is 48.5 Å². The van der Waals surface area contributed by atoms with Gasteiger partial charge in [0.15, 0.2) is 5.41 Å². The Morgan fingerprint density at radius 2 is 1.91 bits per heavy atom. The maximum absolute atomic E-state index is 14.8. The highest BCUT2D eigenvalue weighted by Gasteiger charge is 2.61. The molecule has 0 fully saturated rings. The number of nitrogens with zero attached hydrogens (tertiary/aromatic N) is 1. The molecule has 0 saturated carbocycles. The summed E-state index contributed by atoms with van der Waals surface area (Å²) in [5, 5.41) is 3.73. The molecule has 2 atom stereocenters. The zero-order valence-corrected chi connectivity index (χ0v) is 20.1. The molecule has 1 aliphatic heterocycles. The smallest absolute Gasteiger partial charge is 0.404 e. The number of halogens is 3. The SMILES string of the molecule is Cc1ccc2c(NC(c3cccc4c3OCC4)C(C=O)(CSC(C)C)C(F)(F)F)cccc2n1. The van der Waals surface area contributed by atoms with Crippen molar-refractivity contribution in [1.82, 2.24) is 4.98 Å². The van der Waals surface area contributed by atoms with Crippen LogP contribution in [0.1, 0.15) is 36.7 Å². The van der Waals surface area contributed by atoms with Crippen LogP contribution in [0.25, 0.3) is 10.9 Å². The maximum atomic E-state index is 14.8. The average Bonchev–Trinajstić information content (AvgIpc) is 3.27. The molecule has 3 aromatic rings. The second-order valence-electron chi connectivity index (χ2n) is 8.85. The van der Waals surface area contributed by atoms with E-state index in [2.05, 4.69) is 10.3 Å². The number of carbonyl (C=O) groups excluding carboxylic acids is 1. The summed E-state index contributed by atoms with van der Waals surface area (Å²) in [7, 11) is 0. The largest absolute Gasteiger partial charge is 0.493 e. The lowest BCUT2D eigenvalue weighted by Gasteiger charge is -2.39. The Morgan fingerprint density at radius 1 is 1.15 bits per heavy atom. The van der Waals surface area contributed by atoms with Gasteiger partial charge in [0.25, 0.3) is 0 Å². The summed E-state index contributed by atoms with van der Waals surface area (Å²) in [5.41, 5.74) is 0.456. The van der Waals surface area contributed by atoms with Crippen molar-refractivity contribution in [3.63, 3.8) is 0 Å². The van der Waals surface area contributed by atoms with Gasteiger partial charge < -0.3 is 14.8 Å². The standard InChI is InChI=1S/C26H27F3N2O2S/c1-16(2)34-15-25(14-32,26(27,28)29)24(20-7-4-6-18-12-13-33-23(18)20)31-22-9-5-8-21-19(22)11-10-17(3)30-21/h4-11,14,16,24,31H,12-13,15H2,1-3H3. The molecule has 2 unspecified atom stereocenters. The number of anilines is 1. The van der Waals surface area contributed by atoms with E-state index in [4.69, 9.17) is 4.74 Å². The lowest BCUT2D eigenvalue weighted by atomic mass is 9.77. The van der Waals surface area contributed by atoms with Crippen LogP contribution in [0, 0.1) is 12.3 Å². The molecule has 1 N–H and O–H groups in total. The fourth-order valence-corrected chi connectivity index (χ4v) is 5.30. The minimum Gasteiger partial charge on any atom is -0.493 e. The number of alkyl halides is 3. The minimum absolute atomic E-state index is 0.0713. The maximum Gasteiger partial charge on any atom is 0.404 e. The van der Waals surface area contributed by atoms with E-state index >= 15 is 0 Å².